The molecule has 1 aromatic carbocycles. The van der Waals surface area contributed by atoms with Crippen LogP contribution in [0.15, 0.2) is 18.2 Å². The highest BCUT2D eigenvalue weighted by atomic mass is 16.5. The molecule has 0 amide bonds. The first-order valence-electron chi connectivity index (χ1n) is 7.29. The van der Waals surface area contributed by atoms with Crippen LogP contribution in [0.4, 0.5) is 0 Å². The molecule has 0 heterocycles. The van der Waals surface area contributed by atoms with Crippen LogP contribution in [0.3, 0.4) is 0 Å². The number of benzene rings is 1. The minimum atomic E-state index is -0.878. The lowest BCUT2D eigenvalue weighted by Crippen LogP contribution is -2.44. The van der Waals surface area contributed by atoms with Gasteiger partial charge in [-0.05, 0) is 48.9 Å². The number of ether oxygens (including phenoxy) is 1. The number of carboxylic acid groups (broad SMARTS) is 1. The normalized spacial score (nSPS) is 15.8. The number of fused-ring (bicyclic) bond motifs is 1. The molecule has 2 N–H and O–H groups in total. The van der Waals surface area contributed by atoms with Crippen LogP contribution in [0.5, 0.6) is 5.75 Å². The molecule has 4 heteroatoms. The van der Waals surface area contributed by atoms with Gasteiger partial charge in [0.2, 0.25) is 0 Å². The van der Waals surface area contributed by atoms with Gasteiger partial charge in [-0.25, -0.2) is 0 Å². The number of aliphatic carboxylic acids is 1. The van der Waals surface area contributed by atoms with Crippen molar-refractivity contribution in [2.75, 3.05) is 6.61 Å². The van der Waals surface area contributed by atoms with E-state index in [0.717, 1.165) is 18.6 Å². The molecule has 0 aromatic heterocycles. The van der Waals surface area contributed by atoms with Crippen molar-refractivity contribution in [1.82, 2.24) is 5.32 Å². The highest BCUT2D eigenvalue weighted by Gasteiger charge is 2.19. The predicted molar refractivity (Wildman–Crippen MR) is 78.3 cm³/mol. The summed E-state index contributed by atoms with van der Waals surface area (Å²) >= 11 is 0. The Morgan fingerprint density at radius 2 is 2.00 bits per heavy atom. The second kappa shape index (κ2) is 6.75. The first-order valence-corrected chi connectivity index (χ1v) is 7.29. The van der Waals surface area contributed by atoms with Crippen LogP contribution >= 0.6 is 0 Å². The average molecular weight is 277 g/mol. The zero-order chi connectivity index (χ0) is 14.5. The second-order valence-corrected chi connectivity index (χ2v) is 5.66. The quantitative estimate of drug-likeness (QED) is 0.838. The Morgan fingerprint density at radius 3 is 2.65 bits per heavy atom. The third-order valence-electron chi connectivity index (χ3n) is 3.57. The van der Waals surface area contributed by atoms with Gasteiger partial charge in [0.15, 0.2) is 0 Å². The van der Waals surface area contributed by atoms with Crippen molar-refractivity contribution in [2.45, 2.75) is 51.6 Å². The van der Waals surface area contributed by atoms with Gasteiger partial charge in [-0.1, -0.05) is 19.9 Å². The van der Waals surface area contributed by atoms with Crippen LogP contribution in [0.25, 0.3) is 0 Å². The van der Waals surface area contributed by atoms with Gasteiger partial charge in [0.25, 0.3) is 0 Å². The molecule has 1 atom stereocenters. The maximum Gasteiger partial charge on any atom is 0.324 e. The van der Waals surface area contributed by atoms with Gasteiger partial charge in [0, 0.05) is 6.04 Å². The number of aryl methyl sites for hydroxylation is 2. The lowest BCUT2D eigenvalue weighted by atomic mass is 9.92. The lowest BCUT2D eigenvalue weighted by Gasteiger charge is -2.20. The van der Waals surface area contributed by atoms with E-state index in [1.807, 2.05) is 19.9 Å². The average Bonchev–Trinajstić information content (AvgIpc) is 2.42. The Bertz CT molecular complexity index is 471. The summed E-state index contributed by atoms with van der Waals surface area (Å²) in [5.74, 6) is -0.112. The molecular weight excluding hydrogens is 254 g/mol. The van der Waals surface area contributed by atoms with Crippen LogP contribution in [-0.4, -0.2) is 29.8 Å². The van der Waals surface area contributed by atoms with E-state index in [1.165, 1.54) is 24.0 Å². The summed E-state index contributed by atoms with van der Waals surface area (Å²) in [6.07, 6.45) is 4.72. The molecule has 0 saturated carbocycles. The number of carbonyl (C=O) groups is 1. The topological polar surface area (TPSA) is 58.6 Å². The van der Waals surface area contributed by atoms with Crippen molar-refractivity contribution in [3.05, 3.63) is 29.3 Å². The molecule has 0 radical (unpaired) electrons. The molecular formula is C16H23NO3. The van der Waals surface area contributed by atoms with Gasteiger partial charge in [-0.3, -0.25) is 10.1 Å². The first-order chi connectivity index (χ1) is 9.56. The lowest BCUT2D eigenvalue weighted by molar-refractivity contribution is -0.140. The zero-order valence-electron chi connectivity index (χ0n) is 12.2. The van der Waals surface area contributed by atoms with E-state index in [4.69, 9.17) is 9.84 Å². The SMILES string of the molecule is CC(C)NC(COc1ccc2c(c1)CCCC2)C(=O)O. The van der Waals surface area contributed by atoms with E-state index in [-0.39, 0.29) is 12.6 Å². The van der Waals surface area contributed by atoms with E-state index in [0.29, 0.717) is 0 Å². The maximum absolute atomic E-state index is 11.1. The van der Waals surface area contributed by atoms with Gasteiger partial charge >= 0.3 is 5.97 Å². The molecule has 4 nitrogen and oxygen atoms in total. The highest BCUT2D eigenvalue weighted by Crippen LogP contribution is 2.25. The molecule has 20 heavy (non-hydrogen) atoms. The first kappa shape index (κ1) is 14.9. The van der Waals surface area contributed by atoms with Crippen molar-refractivity contribution in [2.24, 2.45) is 0 Å². The minimum absolute atomic E-state index is 0.114. The van der Waals surface area contributed by atoms with Gasteiger partial charge < -0.3 is 9.84 Å². The predicted octanol–water partition coefficient (Wildman–Crippen LogP) is 2.40. The van der Waals surface area contributed by atoms with Crippen LogP contribution in [0.2, 0.25) is 0 Å². The summed E-state index contributed by atoms with van der Waals surface area (Å²) in [7, 11) is 0. The smallest absolute Gasteiger partial charge is 0.324 e. The van der Waals surface area contributed by atoms with E-state index in [1.54, 1.807) is 0 Å². The van der Waals surface area contributed by atoms with Gasteiger partial charge in [0.05, 0.1) is 0 Å². The van der Waals surface area contributed by atoms with E-state index in [2.05, 4.69) is 17.4 Å². The Morgan fingerprint density at radius 1 is 1.30 bits per heavy atom. The molecule has 110 valence electrons. The van der Waals surface area contributed by atoms with Crippen molar-refractivity contribution in [3.63, 3.8) is 0 Å². The third kappa shape index (κ3) is 3.97. The van der Waals surface area contributed by atoms with E-state index in [9.17, 15) is 4.79 Å². The molecule has 0 aliphatic heterocycles. The van der Waals surface area contributed by atoms with E-state index >= 15 is 0 Å². The van der Waals surface area contributed by atoms with Crippen LogP contribution in [0, 0.1) is 0 Å². The molecule has 1 aromatic rings. The standard InChI is InChI=1S/C16H23NO3/c1-11(2)17-15(16(18)19)10-20-14-8-7-12-5-3-4-6-13(12)9-14/h7-9,11,15,17H,3-6,10H2,1-2H3,(H,18,19). The van der Waals surface area contributed by atoms with Crippen LogP contribution < -0.4 is 10.1 Å². The summed E-state index contributed by atoms with van der Waals surface area (Å²) in [5, 5.41) is 12.1. The highest BCUT2D eigenvalue weighted by molar-refractivity contribution is 5.73. The summed E-state index contributed by atoms with van der Waals surface area (Å²) in [4.78, 5) is 11.1. The van der Waals surface area contributed by atoms with Crippen molar-refractivity contribution < 1.29 is 14.6 Å². The molecule has 0 bridgehead atoms. The number of carboxylic acids is 1. The second-order valence-electron chi connectivity index (χ2n) is 5.66. The van der Waals surface area contributed by atoms with Crippen molar-refractivity contribution in [1.29, 1.82) is 0 Å². The molecule has 0 fully saturated rings. The molecule has 0 spiro atoms. The fourth-order valence-corrected chi connectivity index (χ4v) is 2.57. The molecule has 1 unspecified atom stereocenters. The Hall–Kier alpha value is -1.55. The number of hydrogen-bond donors (Lipinski definition) is 2. The summed E-state index contributed by atoms with van der Waals surface area (Å²) in [6.45, 7) is 4.00. The van der Waals surface area contributed by atoms with Crippen LogP contribution in [-0.2, 0) is 17.6 Å². The Kier molecular flexibility index (Phi) is 5.01. The number of hydrogen-bond acceptors (Lipinski definition) is 3. The maximum atomic E-state index is 11.1. The van der Waals surface area contributed by atoms with Gasteiger partial charge in [-0.15, -0.1) is 0 Å². The zero-order valence-corrected chi connectivity index (χ0v) is 12.2. The van der Waals surface area contributed by atoms with Crippen molar-refractivity contribution in [3.8, 4) is 5.75 Å². The molecule has 1 aliphatic carbocycles. The minimum Gasteiger partial charge on any atom is -0.491 e. The summed E-state index contributed by atoms with van der Waals surface area (Å²) in [5.41, 5.74) is 2.75. The van der Waals surface area contributed by atoms with Gasteiger partial charge in [-0.2, -0.15) is 0 Å². The number of nitrogens with one attached hydrogen (secondary N) is 1. The molecule has 2 rings (SSSR count). The van der Waals surface area contributed by atoms with Gasteiger partial charge in [0.1, 0.15) is 18.4 Å². The summed E-state index contributed by atoms with van der Waals surface area (Å²) in [6, 6.07) is 5.55. The molecule has 1 aliphatic rings. The fraction of sp³-hybridized carbons (Fsp3) is 0.562. The van der Waals surface area contributed by atoms with E-state index < -0.39 is 12.0 Å². The summed E-state index contributed by atoms with van der Waals surface area (Å²) < 4.78 is 5.65. The van der Waals surface area contributed by atoms with Crippen LogP contribution in [0.1, 0.15) is 37.8 Å². The Labute approximate surface area is 120 Å². The third-order valence-corrected chi connectivity index (χ3v) is 3.57. The fourth-order valence-electron chi connectivity index (χ4n) is 2.57. The Balaban J connectivity index is 1.97. The monoisotopic (exact) mass is 277 g/mol. The van der Waals surface area contributed by atoms with Crippen molar-refractivity contribution >= 4 is 5.97 Å². The molecule has 0 saturated heterocycles. The number of rotatable bonds is 6. The largest absolute Gasteiger partial charge is 0.491 e.